The Morgan fingerprint density at radius 1 is 1.36 bits per heavy atom. The van der Waals surface area contributed by atoms with E-state index in [1.54, 1.807) is 20.8 Å². The topological polar surface area (TPSA) is 63.2 Å². The molecule has 0 spiro atoms. The summed E-state index contributed by atoms with van der Waals surface area (Å²) in [6.45, 7) is 5.01. The first-order valence-corrected chi connectivity index (χ1v) is 6.18. The Kier molecular flexibility index (Phi) is 2.71. The quantitative estimate of drug-likeness (QED) is 0.749. The number of rotatable bonds is 2. The van der Waals surface area contributed by atoms with Crippen LogP contribution in [-0.4, -0.2) is 19.1 Å². The molecule has 0 bridgehead atoms. The predicted molar refractivity (Wildman–Crippen MR) is 54.1 cm³/mol. The van der Waals surface area contributed by atoms with Crippen LogP contribution in [0.4, 0.5) is 0 Å². The molecule has 1 aliphatic heterocycles. The third-order valence-electron chi connectivity index (χ3n) is 2.74. The Morgan fingerprint density at radius 2 is 1.86 bits per heavy atom. The van der Waals surface area contributed by atoms with Gasteiger partial charge in [-0.05, 0) is 19.8 Å². The van der Waals surface area contributed by atoms with E-state index in [9.17, 15) is 13.2 Å². The van der Waals surface area contributed by atoms with Crippen LogP contribution in [0.25, 0.3) is 0 Å². The van der Waals surface area contributed by atoms with Gasteiger partial charge in [-0.2, -0.15) is 0 Å². The standard InChI is InChI=1S/C9H15NO3S/c1-4-9(5-2)8(11)10-7(3)6-14(9,12)13/h6H,4-5H2,1-3H3,(H,10,11). The van der Waals surface area contributed by atoms with E-state index in [2.05, 4.69) is 5.32 Å². The summed E-state index contributed by atoms with van der Waals surface area (Å²) < 4.78 is 22.4. The molecule has 0 unspecified atom stereocenters. The zero-order valence-electron chi connectivity index (χ0n) is 8.62. The van der Waals surface area contributed by atoms with Crippen molar-refractivity contribution in [3.05, 3.63) is 11.1 Å². The first-order chi connectivity index (χ1) is 6.39. The minimum absolute atomic E-state index is 0.307. The lowest BCUT2D eigenvalue weighted by molar-refractivity contribution is -0.123. The summed E-state index contributed by atoms with van der Waals surface area (Å²) in [7, 11) is -3.46. The smallest absolute Gasteiger partial charge is 0.245 e. The molecule has 0 saturated carbocycles. The molecule has 0 aromatic carbocycles. The molecule has 1 heterocycles. The van der Waals surface area contributed by atoms with Gasteiger partial charge < -0.3 is 5.32 Å². The van der Waals surface area contributed by atoms with Gasteiger partial charge in [0.2, 0.25) is 5.91 Å². The molecule has 1 N–H and O–H groups in total. The van der Waals surface area contributed by atoms with Gasteiger partial charge in [0.15, 0.2) is 14.6 Å². The van der Waals surface area contributed by atoms with Crippen molar-refractivity contribution in [2.45, 2.75) is 38.4 Å². The number of amides is 1. The van der Waals surface area contributed by atoms with Gasteiger partial charge in [0.25, 0.3) is 0 Å². The molecule has 1 aliphatic rings. The van der Waals surface area contributed by atoms with Crippen molar-refractivity contribution in [2.75, 3.05) is 0 Å². The van der Waals surface area contributed by atoms with E-state index in [1.807, 2.05) is 0 Å². The number of allylic oxidation sites excluding steroid dienone is 1. The Labute approximate surface area is 84.3 Å². The molecular formula is C9H15NO3S. The Morgan fingerprint density at radius 3 is 2.21 bits per heavy atom. The van der Waals surface area contributed by atoms with Crippen molar-refractivity contribution in [3.63, 3.8) is 0 Å². The van der Waals surface area contributed by atoms with E-state index in [1.165, 1.54) is 0 Å². The second-order valence-corrected chi connectivity index (χ2v) is 5.61. The maximum absolute atomic E-state index is 11.8. The Bertz CT molecular complexity index is 377. The summed E-state index contributed by atoms with van der Waals surface area (Å²) in [5.41, 5.74) is 0.396. The number of carbonyl (C=O) groups is 1. The molecule has 1 rings (SSSR count). The van der Waals surface area contributed by atoms with E-state index < -0.39 is 20.5 Å². The fraction of sp³-hybridized carbons (Fsp3) is 0.667. The summed E-state index contributed by atoms with van der Waals surface area (Å²) in [4.78, 5) is 11.7. The van der Waals surface area contributed by atoms with Gasteiger partial charge in [-0.15, -0.1) is 0 Å². The van der Waals surface area contributed by atoms with E-state index in [0.29, 0.717) is 18.5 Å². The fourth-order valence-corrected chi connectivity index (χ4v) is 3.63. The lowest BCUT2D eigenvalue weighted by Crippen LogP contribution is -2.53. The highest BCUT2D eigenvalue weighted by Crippen LogP contribution is 2.31. The minimum atomic E-state index is -3.46. The zero-order valence-corrected chi connectivity index (χ0v) is 9.44. The normalized spacial score (nSPS) is 23.9. The van der Waals surface area contributed by atoms with Crippen LogP contribution in [-0.2, 0) is 14.6 Å². The van der Waals surface area contributed by atoms with Crippen LogP contribution in [0.3, 0.4) is 0 Å². The molecule has 0 fully saturated rings. The Balaban J connectivity index is 3.38. The van der Waals surface area contributed by atoms with Crippen LogP contribution < -0.4 is 5.32 Å². The van der Waals surface area contributed by atoms with Crippen molar-refractivity contribution >= 4 is 15.7 Å². The van der Waals surface area contributed by atoms with Gasteiger partial charge in [-0.3, -0.25) is 4.79 Å². The van der Waals surface area contributed by atoms with Crippen molar-refractivity contribution in [3.8, 4) is 0 Å². The van der Waals surface area contributed by atoms with Crippen molar-refractivity contribution in [1.29, 1.82) is 0 Å². The van der Waals surface area contributed by atoms with Crippen molar-refractivity contribution in [2.24, 2.45) is 0 Å². The third kappa shape index (κ3) is 1.35. The molecule has 4 nitrogen and oxygen atoms in total. The zero-order chi connectivity index (χ0) is 11.0. The van der Waals surface area contributed by atoms with Crippen molar-refractivity contribution in [1.82, 2.24) is 5.32 Å². The highest BCUT2D eigenvalue weighted by atomic mass is 32.2. The summed E-state index contributed by atoms with van der Waals surface area (Å²) in [5, 5.41) is 3.72. The monoisotopic (exact) mass is 217 g/mol. The maximum atomic E-state index is 11.8. The molecule has 0 radical (unpaired) electrons. The average molecular weight is 217 g/mol. The second-order valence-electron chi connectivity index (χ2n) is 3.50. The molecule has 0 aromatic heterocycles. The lowest BCUT2D eigenvalue weighted by Gasteiger charge is -2.32. The molecule has 0 aromatic rings. The third-order valence-corrected chi connectivity index (χ3v) is 5.26. The number of hydrogen-bond donors (Lipinski definition) is 1. The molecule has 0 aliphatic carbocycles. The van der Waals surface area contributed by atoms with E-state index in [0.717, 1.165) is 5.41 Å². The summed E-state index contributed by atoms with van der Waals surface area (Å²) in [6.07, 6.45) is 0.614. The molecule has 0 saturated heterocycles. The van der Waals surface area contributed by atoms with Gasteiger partial charge in [0.1, 0.15) is 0 Å². The van der Waals surface area contributed by atoms with Crippen LogP contribution in [0.1, 0.15) is 33.6 Å². The predicted octanol–water partition coefficient (Wildman–Crippen LogP) is 0.951. The first-order valence-electron chi connectivity index (χ1n) is 4.64. The molecule has 14 heavy (non-hydrogen) atoms. The molecule has 5 heteroatoms. The maximum Gasteiger partial charge on any atom is 0.245 e. The van der Waals surface area contributed by atoms with Crippen LogP contribution in [0, 0.1) is 0 Å². The number of carbonyl (C=O) groups excluding carboxylic acids is 1. The summed E-state index contributed by atoms with van der Waals surface area (Å²) in [6, 6.07) is 0. The van der Waals surface area contributed by atoms with Gasteiger partial charge in [-0.1, -0.05) is 13.8 Å². The molecule has 0 atom stereocenters. The highest BCUT2D eigenvalue weighted by molar-refractivity contribution is 7.96. The van der Waals surface area contributed by atoms with E-state index in [-0.39, 0.29) is 0 Å². The van der Waals surface area contributed by atoms with E-state index >= 15 is 0 Å². The highest BCUT2D eigenvalue weighted by Gasteiger charge is 2.48. The van der Waals surface area contributed by atoms with Gasteiger partial charge >= 0.3 is 0 Å². The van der Waals surface area contributed by atoms with E-state index in [4.69, 9.17) is 0 Å². The second kappa shape index (κ2) is 3.38. The SMILES string of the molecule is CCC1(CC)C(=O)NC(C)=CS1(=O)=O. The number of nitrogens with one attached hydrogen (secondary N) is 1. The van der Waals surface area contributed by atoms with Crippen LogP contribution in [0.2, 0.25) is 0 Å². The average Bonchev–Trinajstić information content (AvgIpc) is 2.03. The lowest BCUT2D eigenvalue weighted by atomic mass is 10.0. The van der Waals surface area contributed by atoms with Crippen LogP contribution >= 0.6 is 0 Å². The van der Waals surface area contributed by atoms with Gasteiger partial charge in [0, 0.05) is 5.70 Å². The minimum Gasteiger partial charge on any atom is -0.328 e. The van der Waals surface area contributed by atoms with Gasteiger partial charge in [-0.25, -0.2) is 8.42 Å². The van der Waals surface area contributed by atoms with Crippen LogP contribution in [0.15, 0.2) is 11.1 Å². The largest absolute Gasteiger partial charge is 0.328 e. The molecule has 1 amide bonds. The molecular weight excluding hydrogens is 202 g/mol. The fourth-order valence-electron chi connectivity index (χ4n) is 1.77. The summed E-state index contributed by atoms with van der Waals surface area (Å²) in [5.74, 6) is -0.400. The Hall–Kier alpha value is -0.840. The van der Waals surface area contributed by atoms with Crippen molar-refractivity contribution < 1.29 is 13.2 Å². The first kappa shape index (κ1) is 11.2. The van der Waals surface area contributed by atoms with Gasteiger partial charge in [0.05, 0.1) is 5.41 Å². The molecule has 80 valence electrons. The number of hydrogen-bond acceptors (Lipinski definition) is 3. The number of sulfone groups is 1. The van der Waals surface area contributed by atoms with Crippen LogP contribution in [0.5, 0.6) is 0 Å². The summed E-state index contributed by atoms with van der Waals surface area (Å²) >= 11 is 0.